The molecule has 2 atom stereocenters. The highest BCUT2D eigenvalue weighted by molar-refractivity contribution is 5.84. The average Bonchev–Trinajstić information content (AvgIpc) is 2.48. The van der Waals surface area contributed by atoms with E-state index < -0.39 is 36.4 Å². The Bertz CT molecular complexity index is 555. The van der Waals surface area contributed by atoms with Crippen LogP contribution in [0.1, 0.15) is 31.2 Å². The number of carboxylic acids is 1. The molecule has 1 aromatic carbocycles. The highest BCUT2D eigenvalue weighted by atomic mass is 19.4. The summed E-state index contributed by atoms with van der Waals surface area (Å²) in [4.78, 5) is 22.9. The van der Waals surface area contributed by atoms with E-state index in [0.717, 1.165) is 0 Å². The van der Waals surface area contributed by atoms with E-state index in [2.05, 4.69) is 5.32 Å². The Morgan fingerprint density at radius 3 is 2.35 bits per heavy atom. The number of rotatable bonds is 7. The van der Waals surface area contributed by atoms with Gasteiger partial charge in [-0.3, -0.25) is 4.79 Å². The molecular formula is C16H18F3NO3. The fraction of sp³-hybridized carbons (Fsp3) is 0.375. The second kappa shape index (κ2) is 8.36. The number of carbonyl (C=O) groups excluding carboxylic acids is 1. The fourth-order valence-corrected chi connectivity index (χ4v) is 2.04. The first-order chi connectivity index (χ1) is 10.8. The minimum absolute atomic E-state index is 0.0135. The second-order valence-corrected chi connectivity index (χ2v) is 4.97. The molecule has 1 aromatic rings. The number of aliphatic carboxylic acids is 1. The summed E-state index contributed by atoms with van der Waals surface area (Å²) in [5.74, 6) is -4.22. The fourth-order valence-electron chi connectivity index (χ4n) is 2.04. The standard InChI is InChI=1S/C16H18F3NO3/c1-2-3-9-13(15(22)23)20-14(21)10-12(16(17,18)19)11-7-5-4-6-8-11/h2-8,12-13H,9-10H2,1H3,(H,20,21)(H,22,23)/b3-2+. The molecule has 0 heterocycles. The van der Waals surface area contributed by atoms with Gasteiger partial charge in [0.2, 0.25) is 5.91 Å². The Morgan fingerprint density at radius 1 is 1.26 bits per heavy atom. The highest BCUT2D eigenvalue weighted by Gasteiger charge is 2.42. The number of hydrogen-bond donors (Lipinski definition) is 2. The van der Waals surface area contributed by atoms with E-state index in [-0.39, 0.29) is 12.0 Å². The third-order valence-electron chi connectivity index (χ3n) is 3.23. The number of amides is 1. The van der Waals surface area contributed by atoms with E-state index in [0.29, 0.717) is 0 Å². The summed E-state index contributed by atoms with van der Waals surface area (Å²) in [5.41, 5.74) is -0.0320. The van der Waals surface area contributed by atoms with Gasteiger partial charge in [0.05, 0.1) is 5.92 Å². The SMILES string of the molecule is C/C=C/CC(NC(=O)CC(c1ccccc1)C(F)(F)F)C(=O)O. The molecule has 0 saturated heterocycles. The molecule has 2 N–H and O–H groups in total. The molecule has 126 valence electrons. The number of alkyl halides is 3. The smallest absolute Gasteiger partial charge is 0.396 e. The molecule has 0 bridgehead atoms. The summed E-state index contributed by atoms with van der Waals surface area (Å²) >= 11 is 0. The number of nitrogens with one attached hydrogen (secondary N) is 1. The van der Waals surface area contributed by atoms with E-state index in [1.165, 1.54) is 30.3 Å². The van der Waals surface area contributed by atoms with Gasteiger partial charge in [0.1, 0.15) is 6.04 Å². The first-order valence-corrected chi connectivity index (χ1v) is 7.00. The molecule has 0 aliphatic rings. The van der Waals surface area contributed by atoms with E-state index in [1.54, 1.807) is 19.1 Å². The van der Waals surface area contributed by atoms with Crippen molar-refractivity contribution in [2.24, 2.45) is 0 Å². The quantitative estimate of drug-likeness (QED) is 0.755. The van der Waals surface area contributed by atoms with Gasteiger partial charge in [-0.25, -0.2) is 4.79 Å². The molecule has 0 aromatic heterocycles. The number of allylic oxidation sites excluding steroid dienone is 1. The zero-order chi connectivity index (χ0) is 17.5. The lowest BCUT2D eigenvalue weighted by Gasteiger charge is -2.21. The van der Waals surface area contributed by atoms with E-state index in [9.17, 15) is 22.8 Å². The summed E-state index contributed by atoms with van der Waals surface area (Å²) in [7, 11) is 0. The topological polar surface area (TPSA) is 66.4 Å². The summed E-state index contributed by atoms with van der Waals surface area (Å²) in [5, 5.41) is 11.1. The van der Waals surface area contributed by atoms with Crippen LogP contribution in [0.4, 0.5) is 13.2 Å². The van der Waals surface area contributed by atoms with Crippen molar-refractivity contribution >= 4 is 11.9 Å². The van der Waals surface area contributed by atoms with Gasteiger partial charge in [0, 0.05) is 6.42 Å². The Kier molecular flexibility index (Phi) is 6.81. The Morgan fingerprint density at radius 2 is 1.87 bits per heavy atom. The van der Waals surface area contributed by atoms with Crippen molar-refractivity contribution in [3.05, 3.63) is 48.0 Å². The van der Waals surface area contributed by atoms with Gasteiger partial charge >= 0.3 is 12.1 Å². The van der Waals surface area contributed by atoms with Crippen molar-refractivity contribution in [1.29, 1.82) is 0 Å². The number of carbonyl (C=O) groups is 2. The second-order valence-electron chi connectivity index (χ2n) is 4.97. The van der Waals surface area contributed by atoms with Crippen LogP contribution in [-0.2, 0) is 9.59 Å². The number of carboxylic acid groups (broad SMARTS) is 1. The van der Waals surface area contributed by atoms with Gasteiger partial charge in [0.25, 0.3) is 0 Å². The molecule has 0 aliphatic heterocycles. The first-order valence-electron chi connectivity index (χ1n) is 7.00. The van der Waals surface area contributed by atoms with Crippen LogP contribution in [0.3, 0.4) is 0 Å². The molecule has 4 nitrogen and oxygen atoms in total. The van der Waals surface area contributed by atoms with E-state index in [1.807, 2.05) is 0 Å². The highest BCUT2D eigenvalue weighted by Crippen LogP contribution is 2.37. The minimum atomic E-state index is -4.60. The molecule has 7 heteroatoms. The Balaban J connectivity index is 2.83. The first kappa shape index (κ1) is 18.7. The molecule has 0 saturated carbocycles. The lowest BCUT2D eigenvalue weighted by atomic mass is 9.94. The normalized spacial score (nSPS) is 14.4. The summed E-state index contributed by atoms with van der Waals surface area (Å²) in [6.07, 6.45) is -2.31. The number of benzene rings is 1. The van der Waals surface area contributed by atoms with Gasteiger partial charge in [-0.1, -0.05) is 42.5 Å². The van der Waals surface area contributed by atoms with Crippen molar-refractivity contribution in [3.8, 4) is 0 Å². The summed E-state index contributed by atoms with van der Waals surface area (Å²) < 4.78 is 39.5. The van der Waals surface area contributed by atoms with Crippen LogP contribution < -0.4 is 5.32 Å². The molecule has 0 radical (unpaired) electrons. The maximum Gasteiger partial charge on any atom is 0.396 e. The van der Waals surface area contributed by atoms with Crippen molar-refractivity contribution in [3.63, 3.8) is 0 Å². The molecule has 0 spiro atoms. The minimum Gasteiger partial charge on any atom is -0.480 e. The van der Waals surface area contributed by atoms with Gasteiger partial charge in [-0.05, 0) is 18.9 Å². The predicted octanol–water partition coefficient (Wildman–Crippen LogP) is 3.26. The monoisotopic (exact) mass is 329 g/mol. The molecule has 23 heavy (non-hydrogen) atoms. The van der Waals surface area contributed by atoms with Crippen LogP contribution in [-0.4, -0.2) is 29.2 Å². The third kappa shape index (κ3) is 6.14. The van der Waals surface area contributed by atoms with Crippen molar-refractivity contribution in [1.82, 2.24) is 5.32 Å². The van der Waals surface area contributed by atoms with Crippen molar-refractivity contribution < 1.29 is 27.9 Å². The summed E-state index contributed by atoms with van der Waals surface area (Å²) in [6, 6.07) is 5.83. The van der Waals surface area contributed by atoms with Gasteiger partial charge in [0.15, 0.2) is 0 Å². The zero-order valence-corrected chi connectivity index (χ0v) is 12.5. The molecule has 2 unspecified atom stereocenters. The zero-order valence-electron chi connectivity index (χ0n) is 12.5. The van der Waals surface area contributed by atoms with E-state index in [4.69, 9.17) is 5.11 Å². The number of halogens is 3. The lowest BCUT2D eigenvalue weighted by Crippen LogP contribution is -2.41. The molecule has 1 rings (SSSR count). The predicted molar refractivity (Wildman–Crippen MR) is 78.9 cm³/mol. The molecule has 1 amide bonds. The summed E-state index contributed by atoms with van der Waals surface area (Å²) in [6.45, 7) is 1.68. The maximum absolute atomic E-state index is 13.2. The van der Waals surface area contributed by atoms with Gasteiger partial charge in [-0.2, -0.15) is 13.2 Å². The maximum atomic E-state index is 13.2. The molecule has 0 fully saturated rings. The van der Waals surface area contributed by atoms with Crippen LogP contribution in [0.25, 0.3) is 0 Å². The third-order valence-corrected chi connectivity index (χ3v) is 3.23. The Labute approximate surface area is 132 Å². The van der Waals surface area contributed by atoms with Crippen LogP contribution in [0, 0.1) is 0 Å². The van der Waals surface area contributed by atoms with Crippen molar-refractivity contribution in [2.45, 2.75) is 37.9 Å². The van der Waals surface area contributed by atoms with E-state index >= 15 is 0 Å². The van der Waals surface area contributed by atoms with Crippen LogP contribution in [0.2, 0.25) is 0 Å². The van der Waals surface area contributed by atoms with Crippen LogP contribution in [0.5, 0.6) is 0 Å². The largest absolute Gasteiger partial charge is 0.480 e. The number of hydrogen-bond acceptors (Lipinski definition) is 2. The van der Waals surface area contributed by atoms with Crippen molar-refractivity contribution in [2.75, 3.05) is 0 Å². The Hall–Kier alpha value is -2.31. The average molecular weight is 329 g/mol. The molecule has 0 aliphatic carbocycles. The molecular weight excluding hydrogens is 311 g/mol. The van der Waals surface area contributed by atoms with Gasteiger partial charge < -0.3 is 10.4 Å². The van der Waals surface area contributed by atoms with Gasteiger partial charge in [-0.15, -0.1) is 0 Å². The van der Waals surface area contributed by atoms with Crippen LogP contribution in [0.15, 0.2) is 42.5 Å². The lowest BCUT2D eigenvalue weighted by molar-refractivity contribution is -0.158. The van der Waals surface area contributed by atoms with Crippen LogP contribution >= 0.6 is 0 Å².